The van der Waals surface area contributed by atoms with E-state index in [-0.39, 0.29) is 12.7 Å². The van der Waals surface area contributed by atoms with Crippen molar-refractivity contribution in [3.63, 3.8) is 0 Å². The van der Waals surface area contributed by atoms with Crippen molar-refractivity contribution in [3.05, 3.63) is 0 Å². The van der Waals surface area contributed by atoms with E-state index in [0.717, 1.165) is 32.7 Å². The van der Waals surface area contributed by atoms with Gasteiger partial charge >= 0.3 is 9.53 Å². The Morgan fingerprint density at radius 2 is 1.47 bits per heavy atom. The molecule has 1 heterocycles. The molecule has 118 valence electrons. The van der Waals surface area contributed by atoms with E-state index in [0.29, 0.717) is 0 Å². The monoisotopic (exact) mass is 298 g/mol. The number of aliphatic hydroxyl groups is 1. The zero-order valence-corrected chi connectivity index (χ0v) is 14.0. The van der Waals surface area contributed by atoms with Crippen LogP contribution in [-0.4, -0.2) is 68.5 Å². The Kier molecular flexibility index (Phi) is 20.1. The van der Waals surface area contributed by atoms with Gasteiger partial charge in [-0.1, -0.05) is 13.8 Å². The Hall–Kier alpha value is -0.0231. The van der Waals surface area contributed by atoms with Crippen molar-refractivity contribution >= 4 is 9.53 Å². The summed E-state index contributed by atoms with van der Waals surface area (Å²) >= 11 is 0. The first-order valence-electron chi connectivity index (χ1n) is 6.58. The summed E-state index contributed by atoms with van der Waals surface area (Å²) in [7, 11) is 3.05. The molecule has 7 heteroatoms. The lowest BCUT2D eigenvalue weighted by molar-refractivity contribution is 0.135. The molecule has 1 aliphatic heterocycles. The zero-order valence-electron chi connectivity index (χ0n) is 12.9. The molecule has 1 saturated heterocycles. The Bertz CT molecular complexity index is 144. The van der Waals surface area contributed by atoms with Crippen LogP contribution in [0.4, 0.5) is 0 Å². The van der Waals surface area contributed by atoms with Crippen LogP contribution in [-0.2, 0) is 22.8 Å². The van der Waals surface area contributed by atoms with Gasteiger partial charge in [-0.05, 0) is 12.8 Å². The summed E-state index contributed by atoms with van der Waals surface area (Å²) in [5.74, 6) is 0. The summed E-state index contributed by atoms with van der Waals surface area (Å²) in [6, 6.07) is 0. The fraction of sp³-hybridized carbons (Fsp3) is 1.00. The maximum Gasteiger partial charge on any atom is 0.483 e. The second kappa shape index (κ2) is 18.0. The van der Waals surface area contributed by atoms with Gasteiger partial charge in [0.1, 0.15) is 6.10 Å². The predicted molar refractivity (Wildman–Crippen MR) is 76.4 cm³/mol. The number of ether oxygens (including phenoxy) is 2. The summed E-state index contributed by atoms with van der Waals surface area (Å²) in [6.45, 7) is 7.05. The largest absolute Gasteiger partial charge is 0.483 e. The van der Waals surface area contributed by atoms with Crippen LogP contribution in [0.3, 0.4) is 0 Å². The summed E-state index contributed by atoms with van der Waals surface area (Å²) in [6.07, 6.45) is 2.47. The minimum Gasteiger partial charge on any atom is -0.394 e. The standard InChI is InChI=1S/C6H14O.C3H10O3Si.C3H6O2/c1-3-5-7-6-4-2;1-4-7(5-2)6-3;4-1-3-2-5-3/h3-6H2,1-2H3;7H,1-3H3;3-4H,1-2H2. The average Bonchev–Trinajstić information content (AvgIpc) is 3.27. The fourth-order valence-electron chi connectivity index (χ4n) is 0.853. The topological polar surface area (TPSA) is 69.7 Å². The molecule has 0 aromatic heterocycles. The van der Waals surface area contributed by atoms with E-state index < -0.39 is 9.53 Å². The lowest BCUT2D eigenvalue weighted by Gasteiger charge is -2.05. The third-order valence-corrected chi connectivity index (χ3v) is 3.03. The van der Waals surface area contributed by atoms with Gasteiger partial charge in [-0.15, -0.1) is 0 Å². The molecule has 6 nitrogen and oxygen atoms in total. The van der Waals surface area contributed by atoms with E-state index in [2.05, 4.69) is 18.6 Å². The van der Waals surface area contributed by atoms with Gasteiger partial charge in [-0.3, -0.25) is 0 Å². The Morgan fingerprint density at radius 1 is 1.05 bits per heavy atom. The van der Waals surface area contributed by atoms with Crippen LogP contribution in [0.5, 0.6) is 0 Å². The quantitative estimate of drug-likeness (QED) is 0.407. The molecule has 1 N–H and O–H groups in total. The van der Waals surface area contributed by atoms with E-state index >= 15 is 0 Å². The Labute approximate surface area is 118 Å². The van der Waals surface area contributed by atoms with E-state index in [1.54, 1.807) is 21.3 Å². The molecule has 0 aromatic carbocycles. The molecule has 0 radical (unpaired) electrons. The molecule has 0 aromatic rings. The highest BCUT2D eigenvalue weighted by atomic mass is 28.3. The molecule has 1 atom stereocenters. The number of epoxide rings is 1. The normalized spacial score (nSPS) is 16.3. The summed E-state index contributed by atoms with van der Waals surface area (Å²) in [5, 5.41) is 8.08. The molecule has 0 spiro atoms. The van der Waals surface area contributed by atoms with Crippen molar-refractivity contribution in [2.24, 2.45) is 0 Å². The third-order valence-electron chi connectivity index (χ3n) is 1.88. The minimum atomic E-state index is -1.67. The van der Waals surface area contributed by atoms with Crippen LogP contribution in [0.1, 0.15) is 26.7 Å². The van der Waals surface area contributed by atoms with Gasteiger partial charge in [-0.25, -0.2) is 0 Å². The number of hydrogen-bond acceptors (Lipinski definition) is 6. The minimum absolute atomic E-state index is 0.190. The van der Waals surface area contributed by atoms with E-state index in [4.69, 9.17) is 23.1 Å². The summed E-state index contributed by atoms with van der Waals surface area (Å²) < 4.78 is 24.0. The van der Waals surface area contributed by atoms with Crippen LogP contribution in [0, 0.1) is 0 Å². The van der Waals surface area contributed by atoms with Crippen LogP contribution in [0.25, 0.3) is 0 Å². The highest BCUT2D eigenvalue weighted by Gasteiger charge is 2.19. The number of aliphatic hydroxyl groups excluding tert-OH is 1. The van der Waals surface area contributed by atoms with Crippen molar-refractivity contribution in [2.75, 3.05) is 47.8 Å². The van der Waals surface area contributed by atoms with Gasteiger partial charge < -0.3 is 27.9 Å². The van der Waals surface area contributed by atoms with Crippen molar-refractivity contribution in [2.45, 2.75) is 32.8 Å². The molecular formula is C12H30O6Si. The lowest BCUT2D eigenvalue weighted by Crippen LogP contribution is -2.21. The molecule has 0 aliphatic carbocycles. The van der Waals surface area contributed by atoms with Crippen molar-refractivity contribution in [1.82, 2.24) is 0 Å². The van der Waals surface area contributed by atoms with Gasteiger partial charge in [-0.2, -0.15) is 0 Å². The molecule has 1 rings (SSSR count). The molecular weight excluding hydrogens is 268 g/mol. The van der Waals surface area contributed by atoms with Gasteiger partial charge in [0.25, 0.3) is 0 Å². The second-order valence-corrected chi connectivity index (χ2v) is 5.74. The number of rotatable bonds is 8. The smallest absolute Gasteiger partial charge is 0.394 e. The molecule has 1 fully saturated rings. The van der Waals surface area contributed by atoms with Gasteiger partial charge in [0.05, 0.1) is 13.2 Å². The molecule has 19 heavy (non-hydrogen) atoms. The Balaban J connectivity index is 0. The van der Waals surface area contributed by atoms with Crippen molar-refractivity contribution in [1.29, 1.82) is 0 Å². The van der Waals surface area contributed by atoms with Gasteiger partial charge in [0.2, 0.25) is 0 Å². The van der Waals surface area contributed by atoms with Crippen LogP contribution in [0.2, 0.25) is 0 Å². The van der Waals surface area contributed by atoms with Crippen LogP contribution < -0.4 is 0 Å². The summed E-state index contributed by atoms with van der Waals surface area (Å²) in [4.78, 5) is 0. The van der Waals surface area contributed by atoms with Gasteiger partial charge in [0.15, 0.2) is 0 Å². The zero-order chi connectivity index (χ0) is 14.9. The first-order valence-corrected chi connectivity index (χ1v) is 7.99. The Morgan fingerprint density at radius 3 is 1.58 bits per heavy atom. The molecule has 0 saturated carbocycles. The van der Waals surface area contributed by atoms with Crippen molar-refractivity contribution in [3.8, 4) is 0 Å². The van der Waals surface area contributed by atoms with Gasteiger partial charge in [0, 0.05) is 34.5 Å². The maximum absolute atomic E-state index is 8.08. The molecule has 1 aliphatic rings. The van der Waals surface area contributed by atoms with E-state index in [1.807, 2.05) is 0 Å². The van der Waals surface area contributed by atoms with Crippen LogP contribution >= 0.6 is 0 Å². The predicted octanol–water partition coefficient (Wildman–Crippen LogP) is 0.843. The van der Waals surface area contributed by atoms with Crippen LogP contribution in [0.15, 0.2) is 0 Å². The number of hydrogen-bond donors (Lipinski definition) is 1. The molecule has 0 amide bonds. The maximum atomic E-state index is 8.08. The van der Waals surface area contributed by atoms with E-state index in [1.165, 1.54) is 0 Å². The molecule has 1 unspecified atom stereocenters. The van der Waals surface area contributed by atoms with Crippen molar-refractivity contribution < 1.29 is 27.9 Å². The second-order valence-electron chi connectivity index (χ2n) is 3.75. The first-order chi connectivity index (χ1) is 9.19. The average molecular weight is 298 g/mol. The highest BCUT2D eigenvalue weighted by Crippen LogP contribution is 2.04. The third kappa shape index (κ3) is 20.5. The SMILES string of the molecule is CCCOCCC.CO[SiH](OC)OC.OCC1CO1. The van der Waals surface area contributed by atoms with E-state index in [9.17, 15) is 0 Å². The highest BCUT2D eigenvalue weighted by molar-refractivity contribution is 6.36. The fourth-order valence-corrected chi connectivity index (χ4v) is 1.43. The molecule has 0 bridgehead atoms. The lowest BCUT2D eigenvalue weighted by atomic mass is 10.5. The first kappa shape index (κ1) is 21.3. The summed E-state index contributed by atoms with van der Waals surface area (Å²) in [5.41, 5.74) is 0.